The van der Waals surface area contributed by atoms with Gasteiger partial charge in [0, 0.05) is 12.7 Å². The van der Waals surface area contributed by atoms with Crippen LogP contribution >= 0.6 is 0 Å². The van der Waals surface area contributed by atoms with E-state index >= 15 is 0 Å². The third-order valence-electron chi connectivity index (χ3n) is 2.72. The summed E-state index contributed by atoms with van der Waals surface area (Å²) in [5.41, 5.74) is 0.202. The molecule has 0 atom stereocenters. The number of hydrogen-bond donors (Lipinski definition) is 3. The van der Waals surface area contributed by atoms with Crippen molar-refractivity contribution >= 4 is 15.9 Å². The van der Waals surface area contributed by atoms with Gasteiger partial charge in [0.05, 0.1) is 4.90 Å². The standard InChI is InChI=1S/C12H21N3O3S/c1-9(2)5-3-4-6-14-12(16)11-7-10(8-15-11)19(13,17)18/h7-9,15H,3-6H2,1-2H3,(H,14,16)(H2,13,17,18). The SMILES string of the molecule is CC(C)CCCCNC(=O)c1cc(S(N)(=O)=O)c[nH]1. The molecule has 0 spiro atoms. The molecule has 0 fully saturated rings. The normalized spacial score (nSPS) is 11.8. The van der Waals surface area contributed by atoms with E-state index in [0.717, 1.165) is 19.3 Å². The van der Waals surface area contributed by atoms with Crippen molar-refractivity contribution in [1.82, 2.24) is 10.3 Å². The number of rotatable bonds is 7. The Labute approximate surface area is 113 Å². The quantitative estimate of drug-likeness (QED) is 0.656. The minimum absolute atomic E-state index is 0.0857. The number of amides is 1. The van der Waals surface area contributed by atoms with Gasteiger partial charge in [0.2, 0.25) is 10.0 Å². The molecule has 0 aliphatic heterocycles. The van der Waals surface area contributed by atoms with Crippen LogP contribution in [0.3, 0.4) is 0 Å². The van der Waals surface area contributed by atoms with Crippen LogP contribution in [-0.4, -0.2) is 25.9 Å². The minimum Gasteiger partial charge on any atom is -0.356 e. The zero-order valence-electron chi connectivity index (χ0n) is 11.3. The lowest BCUT2D eigenvalue weighted by atomic mass is 10.1. The van der Waals surface area contributed by atoms with E-state index in [1.165, 1.54) is 12.3 Å². The number of carbonyl (C=O) groups is 1. The van der Waals surface area contributed by atoms with Gasteiger partial charge in [-0.15, -0.1) is 0 Å². The highest BCUT2D eigenvalue weighted by atomic mass is 32.2. The van der Waals surface area contributed by atoms with Crippen LogP contribution in [-0.2, 0) is 10.0 Å². The van der Waals surface area contributed by atoms with Crippen LogP contribution in [0, 0.1) is 5.92 Å². The minimum atomic E-state index is -3.77. The number of nitrogens with two attached hydrogens (primary N) is 1. The molecule has 1 rings (SSSR count). The maximum Gasteiger partial charge on any atom is 0.267 e. The molecule has 0 saturated carbocycles. The van der Waals surface area contributed by atoms with E-state index in [0.29, 0.717) is 12.5 Å². The van der Waals surface area contributed by atoms with Gasteiger partial charge in [-0.3, -0.25) is 4.79 Å². The number of hydrogen-bond acceptors (Lipinski definition) is 3. The summed E-state index contributed by atoms with van der Waals surface area (Å²) in [6.45, 7) is 4.90. The summed E-state index contributed by atoms with van der Waals surface area (Å²) >= 11 is 0. The number of carbonyl (C=O) groups excluding carboxylic acids is 1. The monoisotopic (exact) mass is 287 g/mol. The van der Waals surface area contributed by atoms with Crippen LogP contribution in [0.1, 0.15) is 43.6 Å². The molecule has 0 aliphatic carbocycles. The Kier molecular flexibility index (Phi) is 5.56. The van der Waals surface area contributed by atoms with Crippen molar-refractivity contribution in [2.45, 2.75) is 38.0 Å². The Morgan fingerprint density at radius 1 is 1.42 bits per heavy atom. The van der Waals surface area contributed by atoms with Crippen molar-refractivity contribution in [3.8, 4) is 0 Å². The smallest absolute Gasteiger partial charge is 0.267 e. The number of nitrogens with one attached hydrogen (secondary N) is 2. The number of primary sulfonamides is 1. The molecule has 1 aromatic rings. The first kappa shape index (κ1) is 15.7. The van der Waals surface area contributed by atoms with Crippen LogP contribution in [0.2, 0.25) is 0 Å². The lowest BCUT2D eigenvalue weighted by Crippen LogP contribution is -2.24. The molecule has 0 aromatic carbocycles. The number of aromatic amines is 1. The van der Waals surface area contributed by atoms with Gasteiger partial charge >= 0.3 is 0 Å². The Bertz CT molecular complexity index is 520. The van der Waals surface area contributed by atoms with Gasteiger partial charge in [-0.2, -0.15) is 0 Å². The molecule has 0 bridgehead atoms. The van der Waals surface area contributed by atoms with E-state index in [9.17, 15) is 13.2 Å². The van der Waals surface area contributed by atoms with Crippen molar-refractivity contribution in [3.05, 3.63) is 18.0 Å². The van der Waals surface area contributed by atoms with Crippen LogP contribution < -0.4 is 10.5 Å². The van der Waals surface area contributed by atoms with Crippen LogP contribution in [0.15, 0.2) is 17.2 Å². The molecule has 0 aliphatic rings. The summed E-state index contributed by atoms with van der Waals surface area (Å²) in [6, 6.07) is 1.23. The molecule has 4 N–H and O–H groups in total. The average molecular weight is 287 g/mol. The van der Waals surface area contributed by atoms with Gasteiger partial charge in [-0.25, -0.2) is 13.6 Å². The van der Waals surface area contributed by atoms with E-state index < -0.39 is 10.0 Å². The largest absolute Gasteiger partial charge is 0.356 e. The van der Waals surface area contributed by atoms with E-state index in [1.807, 2.05) is 0 Å². The number of aromatic nitrogens is 1. The molecular weight excluding hydrogens is 266 g/mol. The Morgan fingerprint density at radius 3 is 2.63 bits per heavy atom. The molecule has 1 aromatic heterocycles. The zero-order valence-corrected chi connectivity index (χ0v) is 12.1. The third-order valence-corrected chi connectivity index (χ3v) is 3.62. The molecule has 19 heavy (non-hydrogen) atoms. The molecule has 0 saturated heterocycles. The second kappa shape index (κ2) is 6.72. The predicted molar refractivity (Wildman–Crippen MR) is 73.2 cm³/mol. The molecule has 0 unspecified atom stereocenters. The summed E-state index contributed by atoms with van der Waals surface area (Å²) in [5, 5.41) is 7.69. The van der Waals surface area contributed by atoms with Crippen molar-refractivity contribution in [2.24, 2.45) is 11.1 Å². The van der Waals surface area contributed by atoms with Crippen LogP contribution in [0.4, 0.5) is 0 Å². The first-order chi connectivity index (χ1) is 8.80. The topological polar surface area (TPSA) is 105 Å². The van der Waals surface area contributed by atoms with Crippen LogP contribution in [0.5, 0.6) is 0 Å². The van der Waals surface area contributed by atoms with Crippen molar-refractivity contribution in [3.63, 3.8) is 0 Å². The maximum atomic E-state index is 11.7. The lowest BCUT2D eigenvalue weighted by Gasteiger charge is -2.05. The lowest BCUT2D eigenvalue weighted by molar-refractivity contribution is 0.0948. The Balaban J connectivity index is 2.40. The Morgan fingerprint density at radius 2 is 2.11 bits per heavy atom. The highest BCUT2D eigenvalue weighted by molar-refractivity contribution is 7.89. The Hall–Kier alpha value is -1.34. The van der Waals surface area contributed by atoms with Gasteiger partial charge < -0.3 is 10.3 Å². The second-order valence-electron chi connectivity index (χ2n) is 4.94. The summed E-state index contributed by atoms with van der Waals surface area (Å²) in [5.74, 6) is 0.343. The van der Waals surface area contributed by atoms with Gasteiger partial charge in [0.25, 0.3) is 5.91 Å². The molecule has 1 amide bonds. The first-order valence-corrected chi connectivity index (χ1v) is 7.84. The molecular formula is C12H21N3O3S. The fourth-order valence-electron chi connectivity index (χ4n) is 1.64. The van der Waals surface area contributed by atoms with Crippen molar-refractivity contribution in [1.29, 1.82) is 0 Å². The fourth-order valence-corrected chi connectivity index (χ4v) is 2.15. The summed E-state index contributed by atoms with van der Waals surface area (Å²) < 4.78 is 22.1. The van der Waals surface area contributed by atoms with Gasteiger partial charge in [0.15, 0.2) is 0 Å². The summed E-state index contributed by atoms with van der Waals surface area (Å²) in [4.78, 5) is 14.2. The van der Waals surface area contributed by atoms with E-state index in [-0.39, 0.29) is 16.5 Å². The van der Waals surface area contributed by atoms with Crippen molar-refractivity contribution in [2.75, 3.05) is 6.54 Å². The molecule has 108 valence electrons. The highest BCUT2D eigenvalue weighted by Gasteiger charge is 2.14. The number of unbranched alkanes of at least 4 members (excludes halogenated alkanes) is 1. The highest BCUT2D eigenvalue weighted by Crippen LogP contribution is 2.09. The van der Waals surface area contributed by atoms with E-state index in [2.05, 4.69) is 24.1 Å². The van der Waals surface area contributed by atoms with Gasteiger partial charge in [0.1, 0.15) is 5.69 Å². The predicted octanol–water partition coefficient (Wildman–Crippen LogP) is 1.22. The zero-order chi connectivity index (χ0) is 14.5. The number of H-pyrrole nitrogens is 1. The molecule has 6 nitrogen and oxygen atoms in total. The maximum absolute atomic E-state index is 11.7. The molecule has 1 heterocycles. The fraction of sp³-hybridized carbons (Fsp3) is 0.583. The van der Waals surface area contributed by atoms with Crippen LogP contribution in [0.25, 0.3) is 0 Å². The van der Waals surface area contributed by atoms with E-state index in [4.69, 9.17) is 5.14 Å². The van der Waals surface area contributed by atoms with Gasteiger partial charge in [-0.05, 0) is 18.4 Å². The van der Waals surface area contributed by atoms with Gasteiger partial charge in [-0.1, -0.05) is 26.7 Å². The first-order valence-electron chi connectivity index (χ1n) is 6.30. The van der Waals surface area contributed by atoms with E-state index in [1.54, 1.807) is 0 Å². The third kappa shape index (κ3) is 5.44. The summed E-state index contributed by atoms with van der Waals surface area (Å²) in [6.07, 6.45) is 4.31. The molecule has 0 radical (unpaired) electrons. The second-order valence-corrected chi connectivity index (χ2v) is 6.50. The summed E-state index contributed by atoms with van der Waals surface area (Å²) in [7, 11) is -3.77. The van der Waals surface area contributed by atoms with Crippen molar-refractivity contribution < 1.29 is 13.2 Å². The average Bonchev–Trinajstić information content (AvgIpc) is 2.76. The number of sulfonamides is 1. The molecule has 7 heteroatoms.